The Labute approximate surface area is 137 Å². The molecule has 0 saturated carbocycles. The third-order valence-corrected chi connectivity index (χ3v) is 4.38. The third kappa shape index (κ3) is 3.75. The van der Waals surface area contributed by atoms with Crippen LogP contribution in [0.4, 0.5) is 19.0 Å². The molecule has 0 radical (unpaired) electrons. The molecule has 2 N–H and O–H groups in total. The Morgan fingerprint density at radius 3 is 2.83 bits per heavy atom. The molecule has 2 atom stereocenters. The Kier molecular flexibility index (Phi) is 4.86. The van der Waals surface area contributed by atoms with Crippen LogP contribution in [-0.4, -0.2) is 48.8 Å². The van der Waals surface area contributed by atoms with Gasteiger partial charge in [-0.25, -0.2) is 9.99 Å². The number of halogens is 3. The van der Waals surface area contributed by atoms with Crippen molar-refractivity contribution in [1.29, 1.82) is 0 Å². The zero-order chi connectivity index (χ0) is 17.2. The lowest BCUT2D eigenvalue weighted by Gasteiger charge is -2.26. The van der Waals surface area contributed by atoms with Crippen LogP contribution in [-0.2, 0) is 10.9 Å². The maximum Gasteiger partial charge on any atom is 0.417 e. The smallest absolute Gasteiger partial charge is 0.379 e. The second-order valence-electron chi connectivity index (χ2n) is 6.02. The van der Waals surface area contributed by atoms with Crippen LogP contribution in [0.15, 0.2) is 28.8 Å². The third-order valence-electron chi connectivity index (χ3n) is 4.38. The zero-order valence-corrected chi connectivity index (χ0v) is 13.0. The molecule has 3 heterocycles. The molecule has 2 unspecified atom stereocenters. The summed E-state index contributed by atoms with van der Waals surface area (Å²) in [6.45, 7) is 3.58. The highest BCUT2D eigenvalue weighted by Gasteiger charge is 2.36. The highest BCUT2D eigenvalue weighted by atomic mass is 19.4. The van der Waals surface area contributed by atoms with E-state index in [1.165, 1.54) is 11.1 Å². The number of aromatic nitrogens is 1. The number of likely N-dealkylation sites (tertiary alicyclic amines) is 1. The molecule has 2 saturated heterocycles. The van der Waals surface area contributed by atoms with Crippen molar-refractivity contribution in [3.05, 3.63) is 23.9 Å². The minimum Gasteiger partial charge on any atom is -0.379 e. The Balaban J connectivity index is 1.64. The highest BCUT2D eigenvalue weighted by Crippen LogP contribution is 2.30. The van der Waals surface area contributed by atoms with Crippen molar-refractivity contribution in [1.82, 2.24) is 9.88 Å². The topological polar surface area (TPSA) is 79.3 Å². The van der Waals surface area contributed by atoms with Crippen LogP contribution in [0.3, 0.4) is 0 Å². The Morgan fingerprint density at radius 1 is 1.38 bits per heavy atom. The van der Waals surface area contributed by atoms with Gasteiger partial charge in [0.2, 0.25) is 0 Å². The molecule has 2 bridgehead atoms. The molecule has 1 aromatic heterocycles. The van der Waals surface area contributed by atoms with Gasteiger partial charge in [0.15, 0.2) is 0 Å². The first-order valence-corrected chi connectivity index (χ1v) is 7.71. The van der Waals surface area contributed by atoms with E-state index < -0.39 is 11.7 Å². The normalized spacial score (nSPS) is 24.6. The van der Waals surface area contributed by atoms with E-state index in [-0.39, 0.29) is 5.82 Å². The Bertz CT molecular complexity index is 579. The minimum atomic E-state index is -4.42. The Hall–Kier alpha value is -1.94. The van der Waals surface area contributed by atoms with E-state index in [4.69, 9.17) is 10.6 Å². The first-order valence-electron chi connectivity index (χ1n) is 7.71. The maximum absolute atomic E-state index is 12.6. The number of pyridine rings is 1. The molecule has 0 aromatic carbocycles. The van der Waals surface area contributed by atoms with Crippen molar-refractivity contribution in [3.8, 4) is 0 Å². The summed E-state index contributed by atoms with van der Waals surface area (Å²) in [6, 6.07) is 2.63. The number of hydrogen-bond donors (Lipinski definition) is 1. The van der Waals surface area contributed by atoms with E-state index in [1.54, 1.807) is 0 Å². The van der Waals surface area contributed by atoms with Gasteiger partial charge >= 0.3 is 6.18 Å². The monoisotopic (exact) mass is 344 g/mol. The zero-order valence-electron chi connectivity index (χ0n) is 13.0. The average molecular weight is 344 g/mol. The summed E-state index contributed by atoms with van der Waals surface area (Å²) < 4.78 is 43.4. The molecule has 132 valence electrons. The first-order chi connectivity index (χ1) is 11.5. The summed E-state index contributed by atoms with van der Waals surface area (Å²) >= 11 is 0. The molecule has 3 rings (SSSR count). The molecule has 10 heteroatoms. The molecule has 7 nitrogen and oxygen atoms in total. The van der Waals surface area contributed by atoms with Gasteiger partial charge in [0.05, 0.1) is 25.3 Å². The highest BCUT2D eigenvalue weighted by molar-refractivity contribution is 5.38. The van der Waals surface area contributed by atoms with Crippen molar-refractivity contribution in [2.45, 2.75) is 18.6 Å². The lowest BCUT2D eigenvalue weighted by molar-refractivity contribution is -0.137. The van der Waals surface area contributed by atoms with Gasteiger partial charge in [0.25, 0.3) is 0 Å². The van der Waals surface area contributed by atoms with Crippen molar-refractivity contribution >= 4 is 5.82 Å². The Morgan fingerprint density at radius 2 is 2.21 bits per heavy atom. The standard InChI is InChI=1S/C14H19F3N6O/c15-14(16,17)11-1-2-13(19-6-11)23(21-20-18)4-3-22-7-10-5-12(22)9-24-8-10/h1-2,6,10,12H,3-5,7-9H2,(H2,18,21). The molecular weight excluding hydrogens is 325 g/mol. The number of hydrogen-bond acceptors (Lipinski definition) is 5. The number of ether oxygens (including phenoxy) is 1. The number of anilines is 1. The molecule has 2 fully saturated rings. The van der Waals surface area contributed by atoms with Gasteiger partial charge in [0.1, 0.15) is 5.82 Å². The lowest BCUT2D eigenvalue weighted by Crippen LogP contribution is -2.38. The van der Waals surface area contributed by atoms with Crippen molar-refractivity contribution in [3.63, 3.8) is 0 Å². The second-order valence-corrected chi connectivity index (χ2v) is 6.02. The molecule has 0 spiro atoms. The van der Waals surface area contributed by atoms with Gasteiger partial charge in [-0.1, -0.05) is 5.22 Å². The van der Waals surface area contributed by atoms with E-state index in [1.807, 2.05) is 0 Å². The molecule has 2 aliphatic heterocycles. The van der Waals surface area contributed by atoms with E-state index in [2.05, 4.69) is 20.3 Å². The number of fused-ring (bicyclic) bond motifs is 2. The predicted octanol–water partition coefficient (Wildman–Crippen LogP) is 1.87. The molecule has 24 heavy (non-hydrogen) atoms. The summed E-state index contributed by atoms with van der Waals surface area (Å²) in [6.07, 6.45) is -2.51. The van der Waals surface area contributed by atoms with Gasteiger partial charge in [-0.15, -0.1) is 0 Å². The van der Waals surface area contributed by atoms with Crippen LogP contribution in [0.2, 0.25) is 0 Å². The van der Waals surface area contributed by atoms with Crippen LogP contribution in [0.25, 0.3) is 0 Å². The van der Waals surface area contributed by atoms with Crippen LogP contribution >= 0.6 is 0 Å². The first kappa shape index (κ1) is 16.9. The summed E-state index contributed by atoms with van der Waals surface area (Å²) in [7, 11) is 0. The summed E-state index contributed by atoms with van der Waals surface area (Å²) in [5.41, 5.74) is -0.804. The number of nitrogens with two attached hydrogens (primary N) is 1. The fourth-order valence-corrected chi connectivity index (χ4v) is 3.22. The largest absolute Gasteiger partial charge is 0.417 e. The summed E-state index contributed by atoms with van der Waals surface area (Å²) in [4.78, 5) is 6.14. The van der Waals surface area contributed by atoms with Crippen LogP contribution in [0.1, 0.15) is 12.0 Å². The van der Waals surface area contributed by atoms with E-state index in [0.717, 1.165) is 31.8 Å². The second kappa shape index (κ2) is 6.89. The quantitative estimate of drug-likeness (QED) is 0.501. The van der Waals surface area contributed by atoms with E-state index in [9.17, 15) is 13.2 Å². The predicted molar refractivity (Wildman–Crippen MR) is 79.9 cm³/mol. The molecular formula is C14H19F3N6O. The van der Waals surface area contributed by atoms with E-state index in [0.29, 0.717) is 31.7 Å². The van der Waals surface area contributed by atoms with Crippen LogP contribution in [0, 0.1) is 5.92 Å². The van der Waals surface area contributed by atoms with Gasteiger partial charge in [-0.05, 0) is 29.7 Å². The fraction of sp³-hybridized carbons (Fsp3) is 0.643. The number of rotatable bonds is 5. The molecule has 0 amide bonds. The van der Waals surface area contributed by atoms with Crippen molar-refractivity contribution < 1.29 is 17.9 Å². The van der Waals surface area contributed by atoms with E-state index >= 15 is 0 Å². The van der Waals surface area contributed by atoms with Crippen molar-refractivity contribution in [2.24, 2.45) is 22.2 Å². The van der Waals surface area contributed by atoms with Crippen LogP contribution in [0.5, 0.6) is 0 Å². The average Bonchev–Trinajstić information content (AvgIpc) is 2.84. The fourth-order valence-electron chi connectivity index (χ4n) is 3.22. The van der Waals surface area contributed by atoms with Crippen molar-refractivity contribution in [2.75, 3.05) is 37.9 Å². The SMILES string of the molecule is NN=NN(CCN1CC2COCC1C2)c1ccc(C(F)(F)F)cn1. The summed E-state index contributed by atoms with van der Waals surface area (Å²) in [5, 5.41) is 8.41. The van der Waals surface area contributed by atoms with Gasteiger partial charge in [-0.3, -0.25) is 4.90 Å². The van der Waals surface area contributed by atoms with Crippen LogP contribution < -0.4 is 10.9 Å². The summed E-state index contributed by atoms with van der Waals surface area (Å²) in [5.74, 6) is 5.94. The number of alkyl halides is 3. The molecule has 1 aromatic rings. The van der Waals surface area contributed by atoms with Gasteiger partial charge in [0, 0.05) is 25.3 Å². The van der Waals surface area contributed by atoms with Gasteiger partial charge < -0.3 is 10.6 Å². The maximum atomic E-state index is 12.6. The minimum absolute atomic E-state index is 0.274. The molecule has 2 aliphatic rings. The van der Waals surface area contributed by atoms with Gasteiger partial charge in [-0.2, -0.15) is 13.2 Å². The molecule has 0 aliphatic carbocycles. The number of nitrogens with zero attached hydrogens (tertiary/aromatic N) is 5. The lowest BCUT2D eigenvalue weighted by atomic mass is 10.1.